The van der Waals surface area contributed by atoms with Crippen LogP contribution in [0.15, 0.2) is 33.9 Å². The van der Waals surface area contributed by atoms with E-state index < -0.39 is 51.1 Å². The van der Waals surface area contributed by atoms with Gasteiger partial charge < -0.3 is 10.1 Å². The summed E-state index contributed by atoms with van der Waals surface area (Å²) in [4.78, 5) is 23.6. The van der Waals surface area contributed by atoms with E-state index in [4.69, 9.17) is 4.74 Å². The van der Waals surface area contributed by atoms with Crippen molar-refractivity contribution in [3.05, 3.63) is 47.1 Å². The van der Waals surface area contributed by atoms with Crippen molar-refractivity contribution in [3.63, 3.8) is 0 Å². The molecule has 152 valence electrons. The van der Waals surface area contributed by atoms with Crippen LogP contribution < -0.4 is 10.0 Å². The first kappa shape index (κ1) is 21.9. The number of benzene rings is 1. The number of carbonyl (C=O) groups is 2. The standard InChI is InChI=1S/C16H15F3N2O5S2/c1-9(16(23)21-11-5-4-10(17)14(18)15(11)19)26-12(22)6-7-20-28(24,25)13-3-2-8-27-13/h2-5,8-9,20H,6-7H2,1H3,(H,21,23). The van der Waals surface area contributed by atoms with Gasteiger partial charge in [0, 0.05) is 6.54 Å². The van der Waals surface area contributed by atoms with Crippen LogP contribution in [-0.2, 0) is 24.3 Å². The number of nitrogens with one attached hydrogen (secondary N) is 2. The van der Waals surface area contributed by atoms with E-state index in [9.17, 15) is 31.2 Å². The zero-order chi connectivity index (χ0) is 20.9. The summed E-state index contributed by atoms with van der Waals surface area (Å²) in [5, 5.41) is 3.56. The van der Waals surface area contributed by atoms with Crippen molar-refractivity contribution in [2.24, 2.45) is 0 Å². The number of hydrogen-bond acceptors (Lipinski definition) is 6. The Morgan fingerprint density at radius 2 is 1.89 bits per heavy atom. The van der Waals surface area contributed by atoms with Crippen LogP contribution in [0.1, 0.15) is 13.3 Å². The maximum Gasteiger partial charge on any atom is 0.307 e. The van der Waals surface area contributed by atoms with Gasteiger partial charge in [0.15, 0.2) is 23.6 Å². The Balaban J connectivity index is 1.83. The van der Waals surface area contributed by atoms with E-state index in [0.29, 0.717) is 6.07 Å². The topological polar surface area (TPSA) is 102 Å². The first-order valence-electron chi connectivity index (χ1n) is 7.79. The number of amides is 1. The van der Waals surface area contributed by atoms with E-state index in [0.717, 1.165) is 17.4 Å². The van der Waals surface area contributed by atoms with E-state index in [1.807, 2.05) is 5.32 Å². The predicted octanol–water partition coefficient (Wildman–Crippen LogP) is 2.40. The number of thiophene rings is 1. The lowest BCUT2D eigenvalue weighted by molar-refractivity contribution is -0.152. The Morgan fingerprint density at radius 3 is 2.54 bits per heavy atom. The van der Waals surface area contributed by atoms with Crippen molar-refractivity contribution in [2.75, 3.05) is 11.9 Å². The SMILES string of the molecule is CC(OC(=O)CCNS(=O)(=O)c1cccs1)C(=O)Nc1ccc(F)c(F)c1F. The number of rotatable bonds is 8. The van der Waals surface area contributed by atoms with E-state index >= 15 is 0 Å². The summed E-state index contributed by atoms with van der Waals surface area (Å²) in [5.74, 6) is -6.62. The minimum atomic E-state index is -3.74. The second-order valence-electron chi connectivity index (χ2n) is 5.42. The van der Waals surface area contributed by atoms with Crippen LogP contribution in [0.25, 0.3) is 0 Å². The zero-order valence-corrected chi connectivity index (χ0v) is 16.0. The molecule has 28 heavy (non-hydrogen) atoms. The summed E-state index contributed by atoms with van der Waals surface area (Å²) >= 11 is 1.01. The van der Waals surface area contributed by atoms with Gasteiger partial charge in [-0.25, -0.2) is 26.3 Å². The van der Waals surface area contributed by atoms with Crippen molar-refractivity contribution in [3.8, 4) is 0 Å². The van der Waals surface area contributed by atoms with Crippen LogP contribution in [0.4, 0.5) is 18.9 Å². The van der Waals surface area contributed by atoms with Gasteiger partial charge in [-0.15, -0.1) is 11.3 Å². The molecule has 0 aliphatic carbocycles. The summed E-state index contributed by atoms with van der Waals surface area (Å²) < 4.78 is 70.4. The minimum absolute atomic E-state index is 0.0853. The van der Waals surface area contributed by atoms with E-state index in [1.165, 1.54) is 13.0 Å². The summed E-state index contributed by atoms with van der Waals surface area (Å²) in [6.45, 7) is 0.923. The Bertz CT molecular complexity index is 965. The van der Waals surface area contributed by atoms with Crippen LogP contribution >= 0.6 is 11.3 Å². The molecule has 12 heteroatoms. The highest BCUT2D eigenvalue weighted by Gasteiger charge is 2.22. The molecule has 1 amide bonds. The fourth-order valence-corrected chi connectivity index (χ4v) is 4.01. The number of halogens is 3. The van der Waals surface area contributed by atoms with Crippen molar-refractivity contribution in [2.45, 2.75) is 23.7 Å². The fourth-order valence-electron chi connectivity index (χ4n) is 1.94. The predicted molar refractivity (Wildman–Crippen MR) is 94.6 cm³/mol. The summed E-state index contributed by atoms with van der Waals surface area (Å²) in [6, 6.07) is 4.41. The van der Waals surface area contributed by atoms with Crippen LogP contribution in [-0.4, -0.2) is 32.9 Å². The van der Waals surface area contributed by atoms with Crippen molar-refractivity contribution in [1.82, 2.24) is 4.72 Å². The molecule has 2 aromatic rings. The average Bonchev–Trinajstić information content (AvgIpc) is 3.17. The molecule has 7 nitrogen and oxygen atoms in total. The number of ether oxygens (including phenoxy) is 1. The van der Waals surface area contributed by atoms with Crippen LogP contribution in [0.3, 0.4) is 0 Å². The maximum absolute atomic E-state index is 13.5. The highest BCUT2D eigenvalue weighted by molar-refractivity contribution is 7.91. The molecule has 0 saturated heterocycles. The van der Waals surface area contributed by atoms with Gasteiger partial charge in [-0.2, -0.15) is 0 Å². The molecule has 0 bridgehead atoms. The molecule has 2 rings (SSSR count). The molecule has 2 N–H and O–H groups in total. The first-order valence-corrected chi connectivity index (χ1v) is 10.1. The smallest absolute Gasteiger partial charge is 0.307 e. The molecule has 0 aliphatic rings. The second-order valence-corrected chi connectivity index (χ2v) is 8.37. The second kappa shape index (κ2) is 9.17. The van der Waals surface area contributed by atoms with Gasteiger partial charge in [-0.1, -0.05) is 6.07 Å². The van der Waals surface area contributed by atoms with Gasteiger partial charge in [-0.05, 0) is 30.5 Å². The Labute approximate surface area is 162 Å². The number of anilines is 1. The molecule has 1 aromatic carbocycles. The minimum Gasteiger partial charge on any atom is -0.452 e. The van der Waals surface area contributed by atoms with Gasteiger partial charge in [0.25, 0.3) is 5.91 Å². The van der Waals surface area contributed by atoms with Gasteiger partial charge in [0.2, 0.25) is 10.0 Å². The average molecular weight is 436 g/mol. The Hall–Kier alpha value is -2.44. The quantitative estimate of drug-likeness (QED) is 0.489. The van der Waals surface area contributed by atoms with E-state index in [2.05, 4.69) is 4.72 Å². The number of sulfonamides is 1. The third kappa shape index (κ3) is 5.53. The van der Waals surface area contributed by atoms with E-state index in [1.54, 1.807) is 11.4 Å². The van der Waals surface area contributed by atoms with Crippen LogP contribution in [0.2, 0.25) is 0 Å². The molecular formula is C16H15F3N2O5S2. The fraction of sp³-hybridized carbons (Fsp3) is 0.250. The number of carbonyl (C=O) groups excluding carboxylic acids is 2. The third-order valence-corrected chi connectivity index (χ3v) is 6.21. The summed E-state index contributed by atoms with van der Waals surface area (Å²) in [5.41, 5.74) is -0.615. The molecule has 0 fully saturated rings. The summed E-state index contributed by atoms with van der Waals surface area (Å²) in [7, 11) is -3.74. The number of esters is 1. The van der Waals surface area contributed by atoms with Gasteiger partial charge in [0.1, 0.15) is 4.21 Å². The lowest BCUT2D eigenvalue weighted by Gasteiger charge is -2.14. The normalized spacial score (nSPS) is 12.4. The lowest BCUT2D eigenvalue weighted by atomic mass is 10.2. The molecular weight excluding hydrogens is 421 g/mol. The molecule has 1 aromatic heterocycles. The summed E-state index contributed by atoms with van der Waals surface area (Å²) in [6.07, 6.45) is -1.74. The highest BCUT2D eigenvalue weighted by atomic mass is 32.2. The van der Waals surface area contributed by atoms with E-state index in [-0.39, 0.29) is 17.2 Å². The van der Waals surface area contributed by atoms with Gasteiger partial charge in [-0.3, -0.25) is 9.59 Å². The van der Waals surface area contributed by atoms with Crippen molar-refractivity contribution >= 4 is 38.9 Å². The first-order chi connectivity index (χ1) is 13.1. The number of hydrogen-bond donors (Lipinski definition) is 2. The van der Waals surface area contributed by atoms with Crippen molar-refractivity contribution in [1.29, 1.82) is 0 Å². The van der Waals surface area contributed by atoms with Gasteiger partial charge in [0.05, 0.1) is 12.1 Å². The third-order valence-electron chi connectivity index (χ3n) is 3.35. The maximum atomic E-state index is 13.5. The van der Waals surface area contributed by atoms with Crippen LogP contribution in [0.5, 0.6) is 0 Å². The zero-order valence-electron chi connectivity index (χ0n) is 14.4. The highest BCUT2D eigenvalue weighted by Crippen LogP contribution is 2.20. The van der Waals surface area contributed by atoms with Crippen molar-refractivity contribution < 1.29 is 35.9 Å². The Kier molecular flexibility index (Phi) is 7.16. The largest absolute Gasteiger partial charge is 0.452 e. The molecule has 0 spiro atoms. The molecule has 1 unspecified atom stereocenters. The van der Waals surface area contributed by atoms with Gasteiger partial charge >= 0.3 is 5.97 Å². The Morgan fingerprint density at radius 1 is 1.18 bits per heavy atom. The molecule has 0 saturated carbocycles. The molecule has 0 radical (unpaired) electrons. The molecule has 1 atom stereocenters. The molecule has 1 heterocycles. The molecule has 0 aliphatic heterocycles. The van der Waals surface area contributed by atoms with Crippen LogP contribution in [0, 0.1) is 17.5 Å². The lowest BCUT2D eigenvalue weighted by Crippen LogP contribution is -2.32. The monoisotopic (exact) mass is 436 g/mol.